The Bertz CT molecular complexity index is 1400. The van der Waals surface area contributed by atoms with Gasteiger partial charge in [0, 0.05) is 11.3 Å². The van der Waals surface area contributed by atoms with Crippen molar-refractivity contribution in [3.63, 3.8) is 0 Å². The molecule has 4 nitrogen and oxygen atoms in total. The van der Waals surface area contributed by atoms with Crippen LogP contribution < -0.4 is 5.32 Å². The highest BCUT2D eigenvalue weighted by atomic mass is 19.2. The quantitative estimate of drug-likeness (QED) is 0.188. The van der Waals surface area contributed by atoms with Crippen LogP contribution in [-0.2, 0) is 0 Å². The molecule has 1 aromatic heterocycles. The van der Waals surface area contributed by atoms with Crippen molar-refractivity contribution in [3.8, 4) is 11.5 Å². The minimum Gasteiger partial charge on any atom is -0.436 e. The summed E-state index contributed by atoms with van der Waals surface area (Å²) in [5, 5.41) is 2.21. The Morgan fingerprint density at radius 2 is 1.62 bits per heavy atom. The molecule has 0 aliphatic carbocycles. The van der Waals surface area contributed by atoms with Crippen LogP contribution in [0.5, 0.6) is 0 Å². The summed E-state index contributed by atoms with van der Waals surface area (Å²) >= 11 is 0. The van der Waals surface area contributed by atoms with Gasteiger partial charge in [0.2, 0.25) is 11.7 Å². The highest BCUT2D eigenvalue weighted by molar-refractivity contribution is 6.05. The van der Waals surface area contributed by atoms with Crippen molar-refractivity contribution < 1.29 is 31.2 Å². The first-order valence-electron chi connectivity index (χ1n) is 10.5. The average molecular weight is 474 g/mol. The van der Waals surface area contributed by atoms with Gasteiger partial charge in [0.25, 0.3) is 5.91 Å². The van der Waals surface area contributed by atoms with Crippen molar-refractivity contribution in [2.24, 2.45) is 0 Å². The maximum atomic E-state index is 14.0. The minimum atomic E-state index is -2.34. The zero-order chi connectivity index (χ0) is 24.7. The number of hydrogen-bond donors (Lipinski definition) is 1. The van der Waals surface area contributed by atoms with Gasteiger partial charge < -0.3 is 9.73 Å². The van der Waals surface area contributed by atoms with E-state index in [2.05, 4.69) is 24.1 Å². The van der Waals surface area contributed by atoms with E-state index in [1.54, 1.807) is 19.1 Å². The lowest BCUT2D eigenvalue weighted by Gasteiger charge is -2.12. The van der Waals surface area contributed by atoms with Crippen LogP contribution in [0.3, 0.4) is 0 Å². The van der Waals surface area contributed by atoms with E-state index in [4.69, 9.17) is 4.42 Å². The molecule has 176 valence electrons. The van der Waals surface area contributed by atoms with Gasteiger partial charge in [0.1, 0.15) is 11.1 Å². The van der Waals surface area contributed by atoms with E-state index in [1.165, 1.54) is 6.07 Å². The lowest BCUT2D eigenvalue weighted by molar-refractivity contribution is 0.101. The Morgan fingerprint density at radius 1 is 0.971 bits per heavy atom. The largest absolute Gasteiger partial charge is 0.436 e. The number of aromatic nitrogens is 1. The first-order valence-corrected chi connectivity index (χ1v) is 10.5. The molecule has 0 radical (unpaired) electrons. The topological polar surface area (TPSA) is 55.1 Å². The number of anilines is 1. The Hall–Kier alpha value is -3.75. The average Bonchev–Trinajstić information content (AvgIpc) is 3.26. The Kier molecular flexibility index (Phi) is 6.12. The summed E-state index contributed by atoms with van der Waals surface area (Å²) in [7, 11) is 0. The van der Waals surface area contributed by atoms with Crippen molar-refractivity contribution in [1.29, 1.82) is 0 Å². The third-order valence-electron chi connectivity index (χ3n) is 5.76. The first-order chi connectivity index (χ1) is 16.1. The molecule has 0 fully saturated rings. The number of amides is 1. The van der Waals surface area contributed by atoms with Crippen LogP contribution in [0, 0.1) is 36.0 Å². The van der Waals surface area contributed by atoms with Crippen LogP contribution in [0.15, 0.2) is 40.8 Å². The first kappa shape index (κ1) is 23.4. The number of benzene rings is 3. The summed E-state index contributed by atoms with van der Waals surface area (Å²) in [6.07, 6.45) is 0.959. The molecule has 3 aromatic carbocycles. The number of oxazole rings is 1. The van der Waals surface area contributed by atoms with Crippen LogP contribution >= 0.6 is 0 Å². The van der Waals surface area contributed by atoms with Crippen molar-refractivity contribution in [3.05, 3.63) is 82.2 Å². The Labute approximate surface area is 191 Å². The van der Waals surface area contributed by atoms with Gasteiger partial charge in [-0.1, -0.05) is 26.0 Å². The number of nitrogens with one attached hydrogen (secondary N) is 1. The molecule has 9 heteroatoms. The van der Waals surface area contributed by atoms with E-state index in [9.17, 15) is 26.7 Å². The smallest absolute Gasteiger partial charge is 0.261 e. The molecule has 0 aliphatic rings. The predicted octanol–water partition coefficient (Wildman–Crippen LogP) is 7.26. The van der Waals surface area contributed by atoms with Gasteiger partial charge in [-0.15, -0.1) is 0 Å². The highest BCUT2D eigenvalue weighted by Gasteiger charge is 2.30. The predicted molar refractivity (Wildman–Crippen MR) is 117 cm³/mol. The molecule has 0 spiro atoms. The van der Waals surface area contributed by atoms with Gasteiger partial charge in [-0.05, 0) is 54.7 Å². The van der Waals surface area contributed by atoms with Crippen molar-refractivity contribution in [2.45, 2.75) is 33.1 Å². The molecular weight excluding hydrogens is 455 g/mol. The third kappa shape index (κ3) is 4.02. The number of aryl methyl sites for hydroxylation is 1. The van der Waals surface area contributed by atoms with Crippen molar-refractivity contribution in [2.75, 3.05) is 5.32 Å². The van der Waals surface area contributed by atoms with Gasteiger partial charge in [-0.2, -0.15) is 0 Å². The number of halogens is 5. The fraction of sp³-hybridized carbons (Fsp3) is 0.200. The summed E-state index contributed by atoms with van der Waals surface area (Å²) in [6.45, 7) is 5.78. The maximum absolute atomic E-state index is 14.0. The van der Waals surface area contributed by atoms with E-state index in [0.29, 0.717) is 28.1 Å². The molecule has 1 amide bonds. The normalized spacial score (nSPS) is 12.2. The standard InChI is InChI=1S/C25H19F5N2O2/c1-4-11(2)13-7-8-17-16(9-13)32-25(34-17)14-6-5-12(3)15(10-14)31-24(33)18-19(26)21(28)23(30)22(29)20(18)27/h5-11H,4H2,1-3H3,(H,31,33)/t11-/m1/s1. The second-order valence-electron chi connectivity index (χ2n) is 7.98. The molecule has 0 aliphatic heterocycles. The van der Waals surface area contributed by atoms with Gasteiger partial charge >= 0.3 is 0 Å². The lowest BCUT2D eigenvalue weighted by Crippen LogP contribution is -2.19. The van der Waals surface area contributed by atoms with Gasteiger partial charge in [0.15, 0.2) is 28.9 Å². The van der Waals surface area contributed by atoms with E-state index in [-0.39, 0.29) is 11.6 Å². The molecule has 0 unspecified atom stereocenters. The van der Waals surface area contributed by atoms with Crippen LogP contribution in [0.2, 0.25) is 0 Å². The summed E-state index contributed by atoms with van der Waals surface area (Å²) in [5.74, 6) is -12.1. The molecule has 1 atom stereocenters. The Balaban J connectivity index is 1.69. The van der Waals surface area contributed by atoms with E-state index < -0.39 is 40.6 Å². The van der Waals surface area contributed by atoms with E-state index in [0.717, 1.165) is 12.0 Å². The maximum Gasteiger partial charge on any atom is 0.261 e. The molecule has 1 heterocycles. The monoisotopic (exact) mass is 474 g/mol. The molecular formula is C25H19F5N2O2. The summed E-state index contributed by atoms with van der Waals surface area (Å²) in [6, 6.07) is 10.4. The fourth-order valence-electron chi connectivity index (χ4n) is 3.49. The number of rotatable bonds is 5. The number of fused-ring (bicyclic) bond motifs is 1. The third-order valence-corrected chi connectivity index (χ3v) is 5.76. The molecule has 0 saturated heterocycles. The van der Waals surface area contributed by atoms with Crippen LogP contribution in [0.1, 0.15) is 47.7 Å². The van der Waals surface area contributed by atoms with Gasteiger partial charge in [0.05, 0.1) is 0 Å². The van der Waals surface area contributed by atoms with E-state index >= 15 is 0 Å². The second kappa shape index (κ2) is 8.89. The van der Waals surface area contributed by atoms with Crippen LogP contribution in [-0.4, -0.2) is 10.9 Å². The number of carbonyl (C=O) groups excluding carboxylic acids is 1. The molecule has 4 aromatic rings. The Morgan fingerprint density at radius 3 is 2.26 bits per heavy atom. The highest BCUT2D eigenvalue weighted by Crippen LogP contribution is 2.31. The van der Waals surface area contributed by atoms with Crippen molar-refractivity contribution >= 4 is 22.7 Å². The van der Waals surface area contributed by atoms with Crippen LogP contribution in [0.4, 0.5) is 27.6 Å². The summed E-state index contributed by atoms with van der Waals surface area (Å²) in [5.41, 5.74) is 1.75. The van der Waals surface area contributed by atoms with E-state index in [1.807, 2.05) is 18.2 Å². The van der Waals surface area contributed by atoms with Gasteiger partial charge in [-0.25, -0.2) is 26.9 Å². The molecule has 4 rings (SSSR count). The fourth-order valence-corrected chi connectivity index (χ4v) is 3.49. The zero-order valence-electron chi connectivity index (χ0n) is 18.4. The second-order valence-corrected chi connectivity index (χ2v) is 7.98. The summed E-state index contributed by atoms with van der Waals surface area (Å²) in [4.78, 5) is 16.9. The minimum absolute atomic E-state index is 0.0917. The number of carbonyl (C=O) groups is 1. The SMILES string of the molecule is CC[C@@H](C)c1ccc2oc(-c3ccc(C)c(NC(=O)c4c(F)c(F)c(F)c(F)c4F)c3)nc2c1. The van der Waals surface area contributed by atoms with Gasteiger partial charge in [-0.3, -0.25) is 4.79 Å². The molecule has 34 heavy (non-hydrogen) atoms. The zero-order valence-corrected chi connectivity index (χ0v) is 18.4. The van der Waals surface area contributed by atoms with Crippen LogP contribution in [0.25, 0.3) is 22.6 Å². The number of hydrogen-bond acceptors (Lipinski definition) is 3. The number of nitrogens with zero attached hydrogens (tertiary/aromatic N) is 1. The molecule has 0 bridgehead atoms. The van der Waals surface area contributed by atoms with Crippen molar-refractivity contribution in [1.82, 2.24) is 4.98 Å². The summed E-state index contributed by atoms with van der Waals surface area (Å²) < 4.78 is 74.2. The molecule has 0 saturated carbocycles. The lowest BCUT2D eigenvalue weighted by atomic mass is 9.98. The molecule has 1 N–H and O–H groups in total.